The first-order valence-electron chi connectivity index (χ1n) is 5.13. The van der Waals surface area contributed by atoms with E-state index in [9.17, 15) is 8.42 Å². The van der Waals surface area contributed by atoms with Crippen LogP contribution >= 0.6 is 0 Å². The van der Waals surface area contributed by atoms with E-state index in [1.165, 1.54) is 0 Å². The summed E-state index contributed by atoms with van der Waals surface area (Å²) in [5, 5.41) is 0. The summed E-state index contributed by atoms with van der Waals surface area (Å²) in [7, 11) is 0.607. The van der Waals surface area contributed by atoms with Gasteiger partial charge >= 0.3 is 0 Å². The van der Waals surface area contributed by atoms with E-state index < -0.39 is 10.0 Å². The minimum absolute atomic E-state index is 0.0867. The Balaban J connectivity index is 2.68. The second-order valence-electron chi connectivity index (χ2n) is 3.75. The van der Waals surface area contributed by atoms with Crippen LogP contribution in [0, 0.1) is 0 Å². The zero-order chi connectivity index (χ0) is 12.2. The molecule has 1 aromatic heterocycles. The highest BCUT2D eigenvalue weighted by molar-refractivity contribution is 7.89. The lowest BCUT2D eigenvalue weighted by molar-refractivity contribution is 0.259. The first-order chi connectivity index (χ1) is 7.46. The third-order valence-corrected chi connectivity index (χ3v) is 3.74. The molecule has 0 radical (unpaired) electrons. The van der Waals surface area contributed by atoms with E-state index in [0.29, 0.717) is 6.54 Å². The summed E-state index contributed by atoms with van der Waals surface area (Å²) in [5.41, 5.74) is 0. The molecule has 0 spiro atoms. The third-order valence-electron chi connectivity index (χ3n) is 2.37. The maximum absolute atomic E-state index is 11.3. The van der Waals surface area contributed by atoms with Gasteiger partial charge in [0.05, 0.1) is 18.1 Å². The maximum Gasteiger partial charge on any atom is 0.211 e. The molecule has 1 atom stereocenters. The summed E-state index contributed by atoms with van der Waals surface area (Å²) in [4.78, 5) is 1.91. The minimum Gasteiger partial charge on any atom is -0.468 e. The molecule has 0 amide bonds. The molecule has 0 saturated carbocycles. The average molecular weight is 246 g/mol. The fraction of sp³-hybridized carbons (Fsp3) is 0.600. The molecule has 0 saturated heterocycles. The van der Waals surface area contributed by atoms with Gasteiger partial charge in [0, 0.05) is 6.54 Å². The predicted molar refractivity (Wildman–Crippen MR) is 62.6 cm³/mol. The van der Waals surface area contributed by atoms with Crippen LogP contribution in [-0.4, -0.2) is 39.7 Å². The molecule has 0 fully saturated rings. The standard InChI is InChI=1S/C10H18N2O3S/c1-4-16(13,14)11-8-9(12(2)3)10-6-5-7-15-10/h5-7,9,11H,4,8H2,1-3H3. The van der Waals surface area contributed by atoms with E-state index in [2.05, 4.69) is 4.72 Å². The largest absolute Gasteiger partial charge is 0.468 e. The van der Waals surface area contributed by atoms with Crippen LogP contribution in [0.25, 0.3) is 0 Å². The summed E-state index contributed by atoms with van der Waals surface area (Å²) in [6, 6.07) is 3.54. The van der Waals surface area contributed by atoms with Crippen molar-refractivity contribution in [3.63, 3.8) is 0 Å². The number of hydrogen-bond acceptors (Lipinski definition) is 4. The van der Waals surface area contributed by atoms with Gasteiger partial charge < -0.3 is 4.42 Å². The van der Waals surface area contributed by atoms with Crippen LogP contribution in [0.3, 0.4) is 0 Å². The molecule has 1 N–H and O–H groups in total. The molecule has 0 aliphatic carbocycles. The molecule has 0 aliphatic heterocycles. The molecule has 0 bridgehead atoms. The van der Waals surface area contributed by atoms with Crippen molar-refractivity contribution in [2.75, 3.05) is 26.4 Å². The Hall–Kier alpha value is -0.850. The van der Waals surface area contributed by atoms with E-state index in [0.717, 1.165) is 5.76 Å². The molecule has 1 aromatic rings. The van der Waals surface area contributed by atoms with Crippen molar-refractivity contribution in [2.24, 2.45) is 0 Å². The van der Waals surface area contributed by atoms with Crippen LogP contribution in [0.5, 0.6) is 0 Å². The van der Waals surface area contributed by atoms with Crippen molar-refractivity contribution < 1.29 is 12.8 Å². The average Bonchev–Trinajstić information content (AvgIpc) is 2.71. The topological polar surface area (TPSA) is 62.6 Å². The molecule has 1 rings (SSSR count). The molecule has 1 unspecified atom stereocenters. The highest BCUT2D eigenvalue weighted by Crippen LogP contribution is 2.17. The molecule has 16 heavy (non-hydrogen) atoms. The first-order valence-corrected chi connectivity index (χ1v) is 6.78. The molecule has 92 valence electrons. The maximum atomic E-state index is 11.3. The van der Waals surface area contributed by atoms with Crippen molar-refractivity contribution in [3.8, 4) is 0 Å². The van der Waals surface area contributed by atoms with Gasteiger partial charge in [-0.25, -0.2) is 13.1 Å². The summed E-state index contributed by atoms with van der Waals surface area (Å²) in [6.07, 6.45) is 1.58. The smallest absolute Gasteiger partial charge is 0.211 e. The zero-order valence-corrected chi connectivity index (χ0v) is 10.6. The normalized spacial score (nSPS) is 14.2. The predicted octanol–water partition coefficient (Wildman–Crippen LogP) is 0.822. The second-order valence-corrected chi connectivity index (χ2v) is 5.84. The summed E-state index contributed by atoms with van der Waals surface area (Å²) in [6.45, 7) is 1.93. The van der Waals surface area contributed by atoms with Gasteiger partial charge in [0.25, 0.3) is 0 Å². The number of hydrogen-bond donors (Lipinski definition) is 1. The van der Waals surface area contributed by atoms with Crippen molar-refractivity contribution in [2.45, 2.75) is 13.0 Å². The molecule has 1 heterocycles. The van der Waals surface area contributed by atoms with E-state index in [4.69, 9.17) is 4.42 Å². The zero-order valence-electron chi connectivity index (χ0n) is 9.80. The van der Waals surface area contributed by atoms with Gasteiger partial charge in [0.1, 0.15) is 5.76 Å². The van der Waals surface area contributed by atoms with Gasteiger partial charge in [-0.1, -0.05) is 0 Å². The Bertz CT molecular complexity index is 398. The Morgan fingerprint density at radius 3 is 2.62 bits per heavy atom. The fourth-order valence-electron chi connectivity index (χ4n) is 1.33. The number of rotatable bonds is 6. The van der Waals surface area contributed by atoms with E-state index in [1.807, 2.05) is 25.1 Å². The van der Waals surface area contributed by atoms with Gasteiger partial charge in [-0.05, 0) is 33.2 Å². The molecule has 5 nitrogen and oxygen atoms in total. The van der Waals surface area contributed by atoms with Crippen LogP contribution < -0.4 is 4.72 Å². The quantitative estimate of drug-likeness (QED) is 0.807. The van der Waals surface area contributed by atoms with Crippen LogP contribution in [0.4, 0.5) is 0 Å². The van der Waals surface area contributed by atoms with Gasteiger partial charge in [-0.3, -0.25) is 4.90 Å². The lowest BCUT2D eigenvalue weighted by atomic mass is 10.2. The Labute approximate surface area is 96.5 Å². The summed E-state index contributed by atoms with van der Waals surface area (Å²) in [5.74, 6) is 0.842. The second kappa shape index (κ2) is 5.47. The molecule has 0 aromatic carbocycles. The van der Waals surface area contributed by atoms with Crippen molar-refractivity contribution in [1.82, 2.24) is 9.62 Å². The van der Waals surface area contributed by atoms with Crippen molar-refractivity contribution >= 4 is 10.0 Å². The number of nitrogens with zero attached hydrogens (tertiary/aromatic N) is 1. The highest BCUT2D eigenvalue weighted by Gasteiger charge is 2.19. The SMILES string of the molecule is CCS(=O)(=O)NCC(c1ccco1)N(C)C. The minimum atomic E-state index is -3.16. The van der Waals surface area contributed by atoms with Gasteiger partial charge in [0.15, 0.2) is 0 Å². The number of furan rings is 1. The van der Waals surface area contributed by atoms with Gasteiger partial charge in [-0.2, -0.15) is 0 Å². The van der Waals surface area contributed by atoms with E-state index in [-0.39, 0.29) is 11.8 Å². The summed E-state index contributed by atoms with van der Waals surface area (Å²) < 4.78 is 30.5. The van der Waals surface area contributed by atoms with Gasteiger partial charge in [0.2, 0.25) is 10.0 Å². The van der Waals surface area contributed by atoms with Gasteiger partial charge in [-0.15, -0.1) is 0 Å². The third kappa shape index (κ3) is 3.62. The number of sulfonamides is 1. The van der Waals surface area contributed by atoms with Crippen LogP contribution in [0.2, 0.25) is 0 Å². The number of nitrogens with one attached hydrogen (secondary N) is 1. The Morgan fingerprint density at radius 1 is 1.50 bits per heavy atom. The van der Waals surface area contributed by atoms with E-state index in [1.54, 1.807) is 19.3 Å². The highest BCUT2D eigenvalue weighted by atomic mass is 32.2. The molecular weight excluding hydrogens is 228 g/mol. The van der Waals surface area contributed by atoms with Crippen LogP contribution in [-0.2, 0) is 10.0 Å². The number of likely N-dealkylation sites (N-methyl/N-ethyl adjacent to an activating group) is 1. The Morgan fingerprint density at radius 2 is 2.19 bits per heavy atom. The first kappa shape index (κ1) is 13.2. The lowest BCUT2D eigenvalue weighted by Gasteiger charge is -2.22. The monoisotopic (exact) mass is 246 g/mol. The fourth-order valence-corrected chi connectivity index (χ4v) is 1.94. The Kier molecular flexibility index (Phi) is 4.52. The lowest BCUT2D eigenvalue weighted by Crippen LogP contribution is -2.35. The molecular formula is C10H18N2O3S. The van der Waals surface area contributed by atoms with Crippen molar-refractivity contribution in [3.05, 3.63) is 24.2 Å². The van der Waals surface area contributed by atoms with Crippen LogP contribution in [0.1, 0.15) is 18.7 Å². The summed E-state index contributed by atoms with van der Waals surface area (Å²) >= 11 is 0. The molecule has 6 heteroatoms. The molecule has 0 aliphatic rings. The van der Waals surface area contributed by atoms with Crippen LogP contribution in [0.15, 0.2) is 22.8 Å². The van der Waals surface area contributed by atoms with E-state index >= 15 is 0 Å². The van der Waals surface area contributed by atoms with Crippen molar-refractivity contribution in [1.29, 1.82) is 0 Å².